The fourth-order valence-corrected chi connectivity index (χ4v) is 8.13. The number of rotatable bonds is 13. The molecule has 10 heterocycles. The number of hydrogen-bond donors (Lipinski definition) is 2. The first-order valence-electron chi connectivity index (χ1n) is 21.4. The number of anilines is 6. The molecule has 0 unspecified atom stereocenters. The molecule has 0 aliphatic carbocycles. The van der Waals surface area contributed by atoms with E-state index in [0.717, 1.165) is 74.8 Å². The Kier molecular flexibility index (Phi) is 11.8. The molecule has 0 atom stereocenters. The molecule has 20 heteroatoms. The van der Waals surface area contributed by atoms with Gasteiger partial charge in [0.05, 0.1) is 75.0 Å². The highest BCUT2D eigenvalue weighted by atomic mass is 16.5. The zero-order chi connectivity index (χ0) is 45.0. The molecule has 2 aliphatic heterocycles. The highest BCUT2D eigenvalue weighted by Crippen LogP contribution is 2.40. The predicted octanol–water partition coefficient (Wildman–Crippen LogP) is 5.02. The minimum absolute atomic E-state index is 0.433. The van der Waals surface area contributed by atoms with Gasteiger partial charge in [-0.25, -0.2) is 49.9 Å². The van der Waals surface area contributed by atoms with E-state index in [1.165, 1.54) is 0 Å². The lowest BCUT2D eigenvalue weighted by Crippen LogP contribution is -2.44. The standard InChI is InChI=1S/C46H46N16O4/c1-63-31-7-11-53-39(23-31)61(37-21-29(5-9-51-37)43-55-33-25-49-27-35(65-3)41(33)45(57-43)59-17-13-47-14-18-59)62(40-24-32(64-2)8-12-54-40)38-22-30(6-10-52-38)44-56-34-26-50-28-36(66-4)42(34)46(58-44)60-19-15-48-16-20-60/h5-12,21-28,47-48H,13-20H2,1-4H3. The Morgan fingerprint density at radius 3 is 1.26 bits per heavy atom. The predicted molar refractivity (Wildman–Crippen MR) is 250 cm³/mol. The zero-order valence-electron chi connectivity index (χ0n) is 36.8. The van der Waals surface area contributed by atoms with Crippen LogP contribution in [0.15, 0.2) is 98.1 Å². The minimum atomic E-state index is 0.433. The minimum Gasteiger partial charge on any atom is -0.497 e. The number of pyridine rings is 6. The van der Waals surface area contributed by atoms with E-state index in [1.807, 2.05) is 46.4 Å². The molecule has 0 saturated carbocycles. The Morgan fingerprint density at radius 1 is 0.470 bits per heavy atom. The molecule has 0 spiro atoms. The summed E-state index contributed by atoms with van der Waals surface area (Å²) in [6.45, 7) is 6.30. The largest absolute Gasteiger partial charge is 0.497 e. The van der Waals surface area contributed by atoms with Crippen molar-refractivity contribution < 1.29 is 18.9 Å². The maximum atomic E-state index is 5.78. The number of hydrogen-bond acceptors (Lipinski definition) is 20. The van der Waals surface area contributed by atoms with Crippen molar-refractivity contribution in [1.29, 1.82) is 0 Å². The van der Waals surface area contributed by atoms with E-state index in [4.69, 9.17) is 58.8 Å². The summed E-state index contributed by atoms with van der Waals surface area (Å²) in [5.74, 6) is 6.52. The first kappa shape index (κ1) is 41.9. The number of hydrazine groups is 1. The van der Waals surface area contributed by atoms with Crippen LogP contribution in [0.2, 0.25) is 0 Å². The van der Waals surface area contributed by atoms with Crippen LogP contribution in [-0.4, -0.2) is 131 Å². The second-order valence-electron chi connectivity index (χ2n) is 15.2. The number of ether oxygens (including phenoxy) is 4. The van der Waals surface area contributed by atoms with Gasteiger partial charge in [-0.3, -0.25) is 9.97 Å². The summed E-state index contributed by atoms with van der Waals surface area (Å²) in [4.78, 5) is 53.6. The SMILES string of the molecule is COc1ccnc(N(c2cc(-c3nc(N4CCNCC4)c4c(OC)cncc4n3)ccn2)N(c2cc(OC)ccn2)c2cc(-c3nc(N4CCNCC4)c4c(OC)cncc4n3)ccn2)c1. The van der Waals surface area contributed by atoms with Crippen LogP contribution in [0.25, 0.3) is 44.6 Å². The normalized spacial score (nSPS) is 14.0. The summed E-state index contributed by atoms with van der Waals surface area (Å²) in [6.07, 6.45) is 13.6. The topological polar surface area (TPSA) is 203 Å². The molecule has 0 radical (unpaired) electrons. The molecule has 334 valence electrons. The molecule has 8 aromatic rings. The summed E-state index contributed by atoms with van der Waals surface area (Å²) in [6, 6.07) is 14.7. The first-order valence-corrected chi connectivity index (χ1v) is 21.4. The van der Waals surface area contributed by atoms with Gasteiger partial charge in [0.25, 0.3) is 0 Å². The van der Waals surface area contributed by atoms with Crippen LogP contribution in [0, 0.1) is 0 Å². The van der Waals surface area contributed by atoms with Gasteiger partial charge in [0.15, 0.2) is 34.9 Å². The Balaban J connectivity index is 1.16. The van der Waals surface area contributed by atoms with Crippen LogP contribution >= 0.6 is 0 Å². The smallest absolute Gasteiger partial charge is 0.162 e. The lowest BCUT2D eigenvalue weighted by molar-refractivity contribution is 0.414. The van der Waals surface area contributed by atoms with Crippen LogP contribution in [0.3, 0.4) is 0 Å². The van der Waals surface area contributed by atoms with Crippen molar-refractivity contribution in [3.63, 3.8) is 0 Å². The monoisotopic (exact) mass is 886 g/mol. The molecule has 2 fully saturated rings. The molecule has 2 saturated heterocycles. The van der Waals surface area contributed by atoms with Crippen molar-refractivity contribution in [2.45, 2.75) is 0 Å². The highest BCUT2D eigenvalue weighted by molar-refractivity contribution is 5.97. The molecule has 2 N–H and O–H groups in total. The van der Waals surface area contributed by atoms with Crippen molar-refractivity contribution in [2.24, 2.45) is 0 Å². The Hall–Kier alpha value is -8.10. The number of aromatic nitrogens is 10. The average Bonchev–Trinajstić information content (AvgIpc) is 3.39. The number of nitrogens with one attached hydrogen (secondary N) is 2. The number of methoxy groups -OCH3 is 4. The Labute approximate surface area is 379 Å². The van der Waals surface area contributed by atoms with E-state index in [0.29, 0.717) is 80.1 Å². The van der Waals surface area contributed by atoms with Gasteiger partial charge < -0.3 is 39.4 Å². The van der Waals surface area contributed by atoms with Crippen molar-refractivity contribution in [1.82, 2.24) is 60.5 Å². The van der Waals surface area contributed by atoms with Gasteiger partial charge in [-0.15, -0.1) is 0 Å². The van der Waals surface area contributed by atoms with Crippen molar-refractivity contribution in [3.05, 3.63) is 98.1 Å². The first-order chi connectivity index (χ1) is 32.5. The molecule has 0 aromatic carbocycles. The fourth-order valence-electron chi connectivity index (χ4n) is 8.13. The third-order valence-corrected chi connectivity index (χ3v) is 11.4. The molecular weight excluding hydrogens is 841 g/mol. The third-order valence-electron chi connectivity index (χ3n) is 11.4. The molecule has 66 heavy (non-hydrogen) atoms. The van der Waals surface area contributed by atoms with Gasteiger partial charge >= 0.3 is 0 Å². The average molecular weight is 887 g/mol. The molecule has 8 aromatic heterocycles. The van der Waals surface area contributed by atoms with E-state index < -0.39 is 0 Å². The maximum Gasteiger partial charge on any atom is 0.162 e. The van der Waals surface area contributed by atoms with E-state index >= 15 is 0 Å². The summed E-state index contributed by atoms with van der Waals surface area (Å²) in [5, 5.41) is 12.1. The molecule has 0 bridgehead atoms. The van der Waals surface area contributed by atoms with Crippen LogP contribution in [-0.2, 0) is 0 Å². The van der Waals surface area contributed by atoms with Gasteiger partial charge in [-0.1, -0.05) is 0 Å². The van der Waals surface area contributed by atoms with Crippen molar-refractivity contribution in [3.8, 4) is 45.8 Å². The molecule has 0 amide bonds. The van der Waals surface area contributed by atoms with E-state index in [-0.39, 0.29) is 0 Å². The van der Waals surface area contributed by atoms with Gasteiger partial charge in [0.1, 0.15) is 34.6 Å². The number of fused-ring (bicyclic) bond motifs is 2. The van der Waals surface area contributed by atoms with Gasteiger partial charge in [0.2, 0.25) is 0 Å². The highest BCUT2D eigenvalue weighted by Gasteiger charge is 2.29. The molecule has 10 rings (SSSR count). The Bertz CT molecular complexity index is 2820. The Morgan fingerprint density at radius 2 is 0.864 bits per heavy atom. The lowest BCUT2D eigenvalue weighted by atomic mass is 10.2. The lowest BCUT2D eigenvalue weighted by Gasteiger charge is -2.35. The van der Waals surface area contributed by atoms with Crippen LogP contribution in [0.5, 0.6) is 23.0 Å². The van der Waals surface area contributed by atoms with E-state index in [9.17, 15) is 0 Å². The van der Waals surface area contributed by atoms with Gasteiger partial charge in [-0.05, 0) is 36.4 Å². The zero-order valence-corrected chi connectivity index (χ0v) is 36.8. The molecular formula is C46H46N16O4. The van der Waals surface area contributed by atoms with Gasteiger partial charge in [0, 0.05) is 100 Å². The summed E-state index contributed by atoms with van der Waals surface area (Å²) in [5.41, 5.74) is 2.66. The summed E-state index contributed by atoms with van der Waals surface area (Å²) >= 11 is 0. The van der Waals surface area contributed by atoms with Crippen LogP contribution < -0.4 is 49.4 Å². The second-order valence-corrected chi connectivity index (χ2v) is 15.2. The number of nitrogens with zero attached hydrogens (tertiary/aromatic N) is 14. The van der Waals surface area contributed by atoms with E-state index in [1.54, 1.807) is 90.1 Å². The quantitative estimate of drug-likeness (QED) is 0.146. The third kappa shape index (κ3) is 8.14. The summed E-state index contributed by atoms with van der Waals surface area (Å²) in [7, 11) is 6.47. The van der Waals surface area contributed by atoms with Crippen molar-refractivity contribution in [2.75, 3.05) is 101 Å². The van der Waals surface area contributed by atoms with Crippen molar-refractivity contribution >= 4 is 56.7 Å². The van der Waals surface area contributed by atoms with E-state index in [2.05, 4.69) is 30.4 Å². The van der Waals surface area contributed by atoms with Gasteiger partial charge in [-0.2, -0.15) is 0 Å². The maximum absolute atomic E-state index is 5.78. The molecule has 20 nitrogen and oxygen atoms in total. The molecule has 2 aliphatic rings. The second kappa shape index (κ2) is 18.6. The van der Waals surface area contributed by atoms with Crippen LogP contribution in [0.1, 0.15) is 0 Å². The summed E-state index contributed by atoms with van der Waals surface area (Å²) < 4.78 is 23.0. The fraction of sp³-hybridized carbons (Fsp3) is 0.261. The number of piperazine rings is 2. The van der Waals surface area contributed by atoms with Crippen LogP contribution in [0.4, 0.5) is 34.9 Å².